The van der Waals surface area contributed by atoms with Gasteiger partial charge in [-0.3, -0.25) is 15.1 Å². The lowest BCUT2D eigenvalue weighted by Gasteiger charge is -2.16. The normalized spacial score (nSPS) is 15.4. The van der Waals surface area contributed by atoms with Crippen LogP contribution in [0.4, 0.5) is 0 Å². The molecule has 166 valence electrons. The van der Waals surface area contributed by atoms with Gasteiger partial charge >= 0.3 is 0 Å². The number of pyridine rings is 2. The molecule has 0 unspecified atom stereocenters. The third kappa shape index (κ3) is 4.12. The molecule has 6 nitrogen and oxygen atoms in total. The number of aromatic nitrogens is 5. The number of nitrogens with zero attached hydrogens (tertiary/aromatic N) is 3. The lowest BCUT2D eigenvalue weighted by atomic mass is 10.0. The predicted octanol–water partition coefficient (Wildman–Crippen LogP) is 6.27. The maximum Gasteiger partial charge on any atom is 0.116 e. The molecule has 0 spiro atoms. The largest absolute Gasteiger partial charge is 0.359 e. The minimum absolute atomic E-state index is 0.539. The first-order valence-corrected chi connectivity index (χ1v) is 11.4. The summed E-state index contributed by atoms with van der Waals surface area (Å²) in [7, 11) is 0. The number of nitrogens with one attached hydrogen (secondary N) is 3. The maximum atomic E-state index is 4.68. The summed E-state index contributed by atoms with van der Waals surface area (Å²) in [5.41, 5.74) is 7.56. The Morgan fingerprint density at radius 2 is 2.03 bits per heavy atom. The highest BCUT2D eigenvalue weighted by Gasteiger charge is 2.18. The van der Waals surface area contributed by atoms with Crippen LogP contribution in [-0.4, -0.2) is 25.1 Å². The van der Waals surface area contributed by atoms with Crippen molar-refractivity contribution in [3.63, 3.8) is 0 Å². The van der Waals surface area contributed by atoms with E-state index in [0.717, 1.165) is 55.9 Å². The highest BCUT2D eigenvalue weighted by atomic mass is 15.1. The molecule has 1 aliphatic carbocycles. The van der Waals surface area contributed by atoms with Crippen molar-refractivity contribution in [1.82, 2.24) is 30.5 Å². The molecule has 33 heavy (non-hydrogen) atoms. The molecule has 4 heterocycles. The SMILES string of the molecule is C=C/C(=C\C(=C/C)c1cc2c(-c3cc4ccncc4[nH]3)n[nH]c2cn1)NC(=C)C1CCCC1. The minimum atomic E-state index is 0.539. The van der Waals surface area contributed by atoms with E-state index in [2.05, 4.69) is 67.9 Å². The van der Waals surface area contributed by atoms with Crippen LogP contribution in [0.1, 0.15) is 38.3 Å². The van der Waals surface area contributed by atoms with Crippen molar-refractivity contribution >= 4 is 27.4 Å². The summed E-state index contributed by atoms with van der Waals surface area (Å²) in [6.07, 6.45) is 16.4. The van der Waals surface area contributed by atoms with Gasteiger partial charge in [0.25, 0.3) is 0 Å². The number of aromatic amines is 2. The smallest absolute Gasteiger partial charge is 0.116 e. The number of fused-ring (bicyclic) bond motifs is 2. The van der Waals surface area contributed by atoms with Crippen molar-refractivity contribution < 1.29 is 0 Å². The third-order valence-electron chi connectivity index (χ3n) is 6.42. The highest BCUT2D eigenvalue weighted by molar-refractivity contribution is 5.96. The molecule has 0 aromatic carbocycles. The van der Waals surface area contributed by atoms with Crippen LogP contribution in [-0.2, 0) is 0 Å². The molecule has 5 rings (SSSR count). The fourth-order valence-corrected chi connectivity index (χ4v) is 4.56. The zero-order valence-electron chi connectivity index (χ0n) is 18.9. The van der Waals surface area contributed by atoms with Crippen LogP contribution in [0.15, 0.2) is 79.6 Å². The van der Waals surface area contributed by atoms with E-state index in [0.29, 0.717) is 5.92 Å². The second-order valence-corrected chi connectivity index (χ2v) is 8.51. The Labute approximate surface area is 193 Å². The molecule has 4 aromatic rings. The van der Waals surface area contributed by atoms with E-state index >= 15 is 0 Å². The van der Waals surface area contributed by atoms with Crippen molar-refractivity contribution in [2.75, 3.05) is 0 Å². The molecule has 0 aliphatic heterocycles. The van der Waals surface area contributed by atoms with Gasteiger partial charge in [0.2, 0.25) is 0 Å². The second-order valence-electron chi connectivity index (χ2n) is 8.51. The van der Waals surface area contributed by atoms with Crippen molar-refractivity contribution in [3.05, 3.63) is 85.3 Å². The van der Waals surface area contributed by atoms with Crippen molar-refractivity contribution in [1.29, 1.82) is 0 Å². The number of rotatable bonds is 7. The average molecular weight is 437 g/mol. The fourth-order valence-electron chi connectivity index (χ4n) is 4.56. The molecule has 1 aliphatic rings. The van der Waals surface area contributed by atoms with Gasteiger partial charge in [0.1, 0.15) is 5.69 Å². The van der Waals surface area contributed by atoms with Gasteiger partial charge in [-0.05, 0) is 61.6 Å². The molecule has 6 heteroatoms. The summed E-state index contributed by atoms with van der Waals surface area (Å²) >= 11 is 0. The Balaban J connectivity index is 1.47. The van der Waals surface area contributed by atoms with Gasteiger partial charge in [-0.25, -0.2) is 0 Å². The van der Waals surface area contributed by atoms with Gasteiger partial charge in [0.15, 0.2) is 0 Å². The maximum absolute atomic E-state index is 4.68. The topological polar surface area (TPSA) is 82.3 Å². The Hall–Kier alpha value is -3.93. The van der Waals surface area contributed by atoms with Crippen LogP contribution in [0.5, 0.6) is 0 Å². The van der Waals surface area contributed by atoms with E-state index in [9.17, 15) is 0 Å². The Bertz CT molecular complexity index is 1360. The van der Waals surface area contributed by atoms with Crippen LogP contribution in [0.2, 0.25) is 0 Å². The van der Waals surface area contributed by atoms with Crippen molar-refractivity contribution in [2.24, 2.45) is 5.92 Å². The van der Waals surface area contributed by atoms with E-state index in [1.807, 2.05) is 31.5 Å². The monoisotopic (exact) mass is 436 g/mol. The molecule has 1 fully saturated rings. The molecule has 1 saturated carbocycles. The van der Waals surface area contributed by atoms with Crippen molar-refractivity contribution in [2.45, 2.75) is 32.6 Å². The Morgan fingerprint density at radius 3 is 2.79 bits per heavy atom. The summed E-state index contributed by atoms with van der Waals surface area (Å²) in [6, 6.07) is 6.16. The van der Waals surface area contributed by atoms with Gasteiger partial charge in [-0.15, -0.1) is 0 Å². The highest BCUT2D eigenvalue weighted by Crippen LogP contribution is 2.31. The van der Waals surface area contributed by atoms with Gasteiger partial charge < -0.3 is 10.3 Å². The van der Waals surface area contributed by atoms with E-state index in [-0.39, 0.29) is 0 Å². The first-order valence-electron chi connectivity index (χ1n) is 11.4. The minimum Gasteiger partial charge on any atom is -0.359 e. The van der Waals surface area contributed by atoms with Crippen LogP contribution < -0.4 is 5.32 Å². The van der Waals surface area contributed by atoms with Gasteiger partial charge in [-0.2, -0.15) is 5.10 Å². The summed E-state index contributed by atoms with van der Waals surface area (Å²) in [4.78, 5) is 12.3. The van der Waals surface area contributed by atoms with Crippen LogP contribution in [0.3, 0.4) is 0 Å². The van der Waals surface area contributed by atoms with Crippen LogP contribution in [0.25, 0.3) is 38.8 Å². The lowest BCUT2D eigenvalue weighted by Crippen LogP contribution is -2.16. The molecule has 0 amide bonds. The van der Waals surface area contributed by atoms with Gasteiger partial charge in [0, 0.05) is 28.4 Å². The van der Waals surface area contributed by atoms with E-state index in [1.54, 1.807) is 6.20 Å². The first kappa shape index (κ1) is 20.9. The summed E-state index contributed by atoms with van der Waals surface area (Å²) in [6.45, 7) is 10.3. The molecule has 0 atom stereocenters. The number of hydrogen-bond acceptors (Lipinski definition) is 4. The Morgan fingerprint density at radius 1 is 1.18 bits per heavy atom. The summed E-state index contributed by atoms with van der Waals surface area (Å²) in [5, 5.41) is 13.2. The quantitative estimate of drug-likeness (QED) is 0.298. The Kier molecular flexibility index (Phi) is 5.65. The molecular weight excluding hydrogens is 408 g/mol. The van der Waals surface area contributed by atoms with E-state index in [1.165, 1.54) is 25.7 Å². The molecule has 0 radical (unpaired) electrons. The molecular formula is C27H28N6. The third-order valence-corrected chi connectivity index (χ3v) is 6.42. The summed E-state index contributed by atoms with van der Waals surface area (Å²) in [5.74, 6) is 0.539. The van der Waals surface area contributed by atoms with Crippen molar-refractivity contribution in [3.8, 4) is 11.4 Å². The number of hydrogen-bond donors (Lipinski definition) is 3. The number of H-pyrrole nitrogens is 2. The lowest BCUT2D eigenvalue weighted by molar-refractivity contribution is 0.607. The zero-order valence-corrected chi connectivity index (χ0v) is 18.9. The molecule has 0 bridgehead atoms. The van der Waals surface area contributed by atoms with Gasteiger partial charge in [-0.1, -0.05) is 32.1 Å². The second kappa shape index (κ2) is 8.90. The predicted molar refractivity (Wildman–Crippen MR) is 135 cm³/mol. The van der Waals surface area contributed by atoms with Gasteiger partial charge in [0.05, 0.1) is 34.8 Å². The van der Waals surface area contributed by atoms with Crippen LogP contribution >= 0.6 is 0 Å². The molecule has 0 saturated heterocycles. The van der Waals surface area contributed by atoms with E-state index in [4.69, 9.17) is 0 Å². The van der Waals surface area contributed by atoms with E-state index < -0.39 is 0 Å². The fraction of sp³-hybridized carbons (Fsp3) is 0.222. The first-order chi connectivity index (χ1) is 16.2. The molecule has 4 aromatic heterocycles. The van der Waals surface area contributed by atoms with Crippen LogP contribution in [0, 0.1) is 5.92 Å². The molecule has 3 N–H and O–H groups in total. The zero-order chi connectivity index (χ0) is 22.8. The number of allylic oxidation sites excluding steroid dienone is 5. The summed E-state index contributed by atoms with van der Waals surface area (Å²) < 4.78 is 0. The average Bonchev–Trinajstić information content (AvgIpc) is 3.59. The standard InChI is InChI=1S/C27H28N6/c1-4-18(12-21(5-2)30-17(3)19-8-6-7-9-19)23-14-22-26(16-29-23)32-33-27(22)24-13-20-10-11-28-15-25(20)31-24/h4-5,10-16,19,30-31H,2-3,6-9H2,1H3,(H,32,33)/b18-4+,21-12+.